The number of nitrogens with zero attached hydrogens (tertiary/aromatic N) is 2. The van der Waals surface area contributed by atoms with Crippen LogP contribution in [0.15, 0.2) is 35.1 Å². The number of aromatic nitrogens is 3. The Morgan fingerprint density at radius 1 is 1.35 bits per heavy atom. The molecule has 0 aliphatic rings. The van der Waals surface area contributed by atoms with Gasteiger partial charge in [0.2, 0.25) is 0 Å². The summed E-state index contributed by atoms with van der Waals surface area (Å²) in [6.45, 7) is 3.37. The molecule has 90 valence electrons. The van der Waals surface area contributed by atoms with Gasteiger partial charge in [-0.3, -0.25) is 4.57 Å². The van der Waals surface area contributed by atoms with E-state index < -0.39 is 0 Å². The molecule has 0 atom stereocenters. The Labute approximate surface area is 99.1 Å². The van der Waals surface area contributed by atoms with Crippen molar-refractivity contribution in [1.29, 1.82) is 0 Å². The molecule has 0 aliphatic carbocycles. The maximum absolute atomic E-state index is 11.3. The lowest BCUT2D eigenvalue weighted by molar-refractivity contribution is 0.112. The lowest BCUT2D eigenvalue weighted by atomic mass is 10.2. The number of ether oxygens (including phenoxy) is 1. The van der Waals surface area contributed by atoms with Crippen LogP contribution < -0.4 is 5.69 Å². The normalized spacial score (nSPS) is 10.6. The first kappa shape index (κ1) is 11.6. The van der Waals surface area contributed by atoms with Crippen molar-refractivity contribution in [3.05, 3.63) is 52.2 Å². The van der Waals surface area contributed by atoms with E-state index in [0.717, 1.165) is 5.56 Å². The molecule has 1 aromatic heterocycles. The average Bonchev–Trinajstić information content (AvgIpc) is 2.67. The van der Waals surface area contributed by atoms with Crippen molar-refractivity contribution in [2.45, 2.75) is 20.1 Å². The van der Waals surface area contributed by atoms with Gasteiger partial charge in [0.05, 0.1) is 19.8 Å². The van der Waals surface area contributed by atoms with Crippen LogP contribution in [0.3, 0.4) is 0 Å². The molecular weight excluding hydrogens is 218 g/mol. The van der Waals surface area contributed by atoms with Crippen molar-refractivity contribution in [3.63, 3.8) is 0 Å². The fourth-order valence-electron chi connectivity index (χ4n) is 1.58. The summed E-state index contributed by atoms with van der Waals surface area (Å²) in [5.74, 6) is 0.679. The molecule has 1 heterocycles. The largest absolute Gasteiger partial charge is 0.375 e. The van der Waals surface area contributed by atoms with Gasteiger partial charge in [0.15, 0.2) is 0 Å². The minimum Gasteiger partial charge on any atom is -0.375 e. The predicted octanol–water partition coefficient (Wildman–Crippen LogP) is 1.10. The maximum Gasteiger partial charge on any atom is 0.343 e. The predicted molar refractivity (Wildman–Crippen MR) is 63.7 cm³/mol. The smallest absolute Gasteiger partial charge is 0.343 e. The van der Waals surface area contributed by atoms with Crippen molar-refractivity contribution in [2.75, 3.05) is 6.61 Å². The molecule has 1 aromatic carbocycles. The van der Waals surface area contributed by atoms with Gasteiger partial charge < -0.3 is 4.74 Å². The molecule has 0 amide bonds. The van der Waals surface area contributed by atoms with E-state index in [4.69, 9.17) is 4.74 Å². The molecule has 0 saturated carbocycles. The van der Waals surface area contributed by atoms with Crippen LogP contribution in [0.1, 0.15) is 11.4 Å². The zero-order valence-electron chi connectivity index (χ0n) is 9.72. The van der Waals surface area contributed by atoms with Gasteiger partial charge in [0, 0.05) is 0 Å². The highest BCUT2D eigenvalue weighted by Gasteiger charge is 2.02. The summed E-state index contributed by atoms with van der Waals surface area (Å²) in [5, 5.41) is 6.22. The molecule has 5 nitrogen and oxygen atoms in total. The molecule has 0 bridgehead atoms. The molecule has 0 spiro atoms. The Kier molecular flexibility index (Phi) is 3.72. The van der Waals surface area contributed by atoms with Crippen LogP contribution >= 0.6 is 0 Å². The summed E-state index contributed by atoms with van der Waals surface area (Å²) in [6, 6.07) is 9.94. The van der Waals surface area contributed by atoms with Crippen LogP contribution in [-0.2, 0) is 17.9 Å². The van der Waals surface area contributed by atoms with E-state index in [-0.39, 0.29) is 5.69 Å². The van der Waals surface area contributed by atoms with E-state index in [0.29, 0.717) is 25.6 Å². The number of aryl methyl sites for hydroxylation is 1. The second-order valence-corrected chi connectivity index (χ2v) is 3.77. The standard InChI is InChI=1S/C12H15N3O2/c1-10-13-14-12(16)15(10)7-8-17-9-11-5-3-2-4-6-11/h2-6H,7-9H2,1H3,(H,14,16). The van der Waals surface area contributed by atoms with Crippen molar-refractivity contribution >= 4 is 0 Å². The molecule has 0 fully saturated rings. The molecule has 0 radical (unpaired) electrons. The van der Waals surface area contributed by atoms with Gasteiger partial charge in [-0.2, -0.15) is 5.10 Å². The molecule has 1 N–H and O–H groups in total. The van der Waals surface area contributed by atoms with Gasteiger partial charge >= 0.3 is 5.69 Å². The minimum atomic E-state index is -0.189. The molecular formula is C12H15N3O2. The number of H-pyrrole nitrogens is 1. The van der Waals surface area contributed by atoms with Crippen LogP contribution in [0.25, 0.3) is 0 Å². The molecule has 2 aromatic rings. The van der Waals surface area contributed by atoms with E-state index in [9.17, 15) is 4.79 Å². The maximum atomic E-state index is 11.3. The van der Waals surface area contributed by atoms with Crippen LogP contribution in [-0.4, -0.2) is 21.4 Å². The van der Waals surface area contributed by atoms with Gasteiger partial charge in [-0.05, 0) is 12.5 Å². The number of aromatic amines is 1. The lowest BCUT2D eigenvalue weighted by Gasteiger charge is -2.05. The lowest BCUT2D eigenvalue weighted by Crippen LogP contribution is -2.20. The highest BCUT2D eigenvalue weighted by molar-refractivity contribution is 5.13. The highest BCUT2D eigenvalue weighted by Crippen LogP contribution is 2.00. The Bertz CT molecular complexity index is 516. The van der Waals surface area contributed by atoms with Gasteiger partial charge in [0.1, 0.15) is 5.82 Å². The highest BCUT2D eigenvalue weighted by atomic mass is 16.5. The summed E-state index contributed by atoms with van der Waals surface area (Å²) in [4.78, 5) is 11.3. The average molecular weight is 233 g/mol. The van der Waals surface area contributed by atoms with Crippen LogP contribution in [0, 0.1) is 6.92 Å². The van der Waals surface area contributed by atoms with Crippen LogP contribution in [0.4, 0.5) is 0 Å². The zero-order valence-corrected chi connectivity index (χ0v) is 9.72. The van der Waals surface area contributed by atoms with Crippen molar-refractivity contribution in [2.24, 2.45) is 0 Å². The SMILES string of the molecule is Cc1n[nH]c(=O)n1CCOCc1ccccc1. The molecule has 17 heavy (non-hydrogen) atoms. The summed E-state index contributed by atoms with van der Waals surface area (Å²) >= 11 is 0. The Morgan fingerprint density at radius 2 is 2.12 bits per heavy atom. The second-order valence-electron chi connectivity index (χ2n) is 3.77. The summed E-state index contributed by atoms with van der Waals surface area (Å²) in [7, 11) is 0. The van der Waals surface area contributed by atoms with Crippen molar-refractivity contribution < 1.29 is 4.74 Å². The summed E-state index contributed by atoms with van der Waals surface area (Å²) in [5.41, 5.74) is 0.939. The van der Waals surface area contributed by atoms with E-state index >= 15 is 0 Å². The Morgan fingerprint density at radius 3 is 2.76 bits per heavy atom. The molecule has 0 aliphatic heterocycles. The topological polar surface area (TPSA) is 59.9 Å². The van der Waals surface area contributed by atoms with Gasteiger partial charge in [-0.15, -0.1) is 0 Å². The van der Waals surface area contributed by atoms with Gasteiger partial charge in [-0.1, -0.05) is 30.3 Å². The Balaban J connectivity index is 1.79. The van der Waals surface area contributed by atoms with Crippen LogP contribution in [0.5, 0.6) is 0 Å². The third-order valence-electron chi connectivity index (χ3n) is 2.52. The first-order valence-electron chi connectivity index (χ1n) is 5.51. The van der Waals surface area contributed by atoms with Crippen LogP contribution in [0.2, 0.25) is 0 Å². The Hall–Kier alpha value is -1.88. The third kappa shape index (κ3) is 3.04. The fourth-order valence-corrected chi connectivity index (χ4v) is 1.58. The summed E-state index contributed by atoms with van der Waals surface area (Å²) < 4.78 is 7.06. The molecule has 0 unspecified atom stereocenters. The molecule has 0 saturated heterocycles. The molecule has 5 heteroatoms. The van der Waals surface area contributed by atoms with E-state index in [1.165, 1.54) is 0 Å². The number of benzene rings is 1. The monoisotopic (exact) mass is 233 g/mol. The first-order valence-corrected chi connectivity index (χ1v) is 5.51. The van der Waals surface area contributed by atoms with E-state index in [1.807, 2.05) is 30.3 Å². The number of hydrogen-bond donors (Lipinski definition) is 1. The van der Waals surface area contributed by atoms with E-state index in [2.05, 4.69) is 10.2 Å². The zero-order chi connectivity index (χ0) is 12.1. The quantitative estimate of drug-likeness (QED) is 0.787. The van der Waals surface area contributed by atoms with Crippen molar-refractivity contribution in [1.82, 2.24) is 14.8 Å². The number of nitrogens with one attached hydrogen (secondary N) is 1. The minimum absolute atomic E-state index is 0.189. The summed E-state index contributed by atoms with van der Waals surface area (Å²) in [6.07, 6.45) is 0. The van der Waals surface area contributed by atoms with E-state index in [1.54, 1.807) is 11.5 Å². The second kappa shape index (κ2) is 5.45. The third-order valence-corrected chi connectivity index (χ3v) is 2.52. The number of rotatable bonds is 5. The van der Waals surface area contributed by atoms with Gasteiger partial charge in [-0.25, -0.2) is 9.89 Å². The number of hydrogen-bond acceptors (Lipinski definition) is 3. The first-order chi connectivity index (χ1) is 8.27. The van der Waals surface area contributed by atoms with Gasteiger partial charge in [0.25, 0.3) is 0 Å². The molecule has 2 rings (SSSR count). The van der Waals surface area contributed by atoms with Crippen molar-refractivity contribution in [3.8, 4) is 0 Å². The fraction of sp³-hybridized carbons (Fsp3) is 0.333.